The van der Waals surface area contributed by atoms with E-state index in [1.165, 1.54) is 0 Å². The van der Waals surface area contributed by atoms with Crippen molar-refractivity contribution in [3.8, 4) is 11.5 Å². The van der Waals surface area contributed by atoms with Gasteiger partial charge in [0, 0.05) is 22.9 Å². The van der Waals surface area contributed by atoms with Gasteiger partial charge in [-0.25, -0.2) is 9.37 Å². The molecule has 7 heteroatoms. The molecule has 5 rings (SSSR count). The van der Waals surface area contributed by atoms with Crippen LogP contribution in [0.1, 0.15) is 38.4 Å². The zero-order valence-electron chi connectivity index (χ0n) is 20.0. The summed E-state index contributed by atoms with van der Waals surface area (Å²) in [5.41, 5.74) is 6.48. The molecule has 1 aliphatic rings. The molecule has 3 aromatic heterocycles. The van der Waals surface area contributed by atoms with Gasteiger partial charge < -0.3 is 10.3 Å². The number of hydrogen-bond acceptors (Lipinski definition) is 4. The van der Waals surface area contributed by atoms with Crippen molar-refractivity contribution in [2.75, 3.05) is 0 Å². The van der Waals surface area contributed by atoms with E-state index in [2.05, 4.69) is 50.3 Å². The normalized spacial score (nSPS) is 14.4. The zero-order chi connectivity index (χ0) is 24.5. The molecule has 4 aromatic rings. The summed E-state index contributed by atoms with van der Waals surface area (Å²) in [7, 11) is 0. The third kappa shape index (κ3) is 4.10. The molecule has 1 aromatic carbocycles. The van der Waals surface area contributed by atoms with Gasteiger partial charge in [0.25, 0.3) is 0 Å². The number of nitrogens with one attached hydrogen (secondary N) is 3. The average Bonchev–Trinajstić information content (AvgIpc) is 3.61. The summed E-state index contributed by atoms with van der Waals surface area (Å²) < 4.78 is 16.0. The largest absolute Gasteiger partial charge is 0.383 e. The topological polar surface area (TPSA) is 82.3 Å². The van der Waals surface area contributed by atoms with Crippen LogP contribution in [-0.4, -0.2) is 31.2 Å². The molecule has 176 valence electrons. The molecule has 0 atom stereocenters. The summed E-state index contributed by atoms with van der Waals surface area (Å²) in [5.74, 6) is 0.0498. The number of H-pyrrole nitrogens is 2. The van der Waals surface area contributed by atoms with Crippen molar-refractivity contribution >= 4 is 33.1 Å². The number of para-hydroxylation sites is 1. The predicted octanol–water partition coefficient (Wildman–Crippen LogP) is 6.45. The summed E-state index contributed by atoms with van der Waals surface area (Å²) in [6.07, 6.45) is 14.3. The van der Waals surface area contributed by atoms with E-state index >= 15 is 4.39 Å². The fourth-order valence-electron chi connectivity index (χ4n) is 4.33. The molecule has 3 heterocycles. The van der Waals surface area contributed by atoms with Crippen LogP contribution in [0.4, 0.5) is 4.39 Å². The Labute approximate surface area is 203 Å². The smallest absolute Gasteiger partial charge is 0.161 e. The molecular weight excluding hydrogens is 439 g/mol. The maximum Gasteiger partial charge on any atom is 0.161 e. The van der Waals surface area contributed by atoms with Crippen LogP contribution in [0.15, 0.2) is 73.1 Å². The fraction of sp³-hybridized carbons (Fsp3) is 0.179. The number of aromatic amines is 2. The van der Waals surface area contributed by atoms with Gasteiger partial charge in [-0.05, 0) is 51.0 Å². The first-order valence-corrected chi connectivity index (χ1v) is 11.7. The fourth-order valence-corrected chi connectivity index (χ4v) is 4.33. The number of allylic oxidation sites excluding steroid dienone is 8. The molecule has 0 aliphatic heterocycles. The Hall–Kier alpha value is -4.26. The van der Waals surface area contributed by atoms with Crippen LogP contribution in [0.5, 0.6) is 0 Å². The molecule has 0 radical (unpaired) electrons. The van der Waals surface area contributed by atoms with Gasteiger partial charge >= 0.3 is 0 Å². The highest BCUT2D eigenvalue weighted by Crippen LogP contribution is 2.33. The summed E-state index contributed by atoms with van der Waals surface area (Å²) in [4.78, 5) is 12.5. The Morgan fingerprint density at radius 1 is 1.26 bits per heavy atom. The molecule has 3 N–H and O–H groups in total. The average molecular weight is 467 g/mol. The number of rotatable bonds is 7. The number of aromatic nitrogens is 5. The minimum absolute atomic E-state index is 0.214. The zero-order valence-corrected chi connectivity index (χ0v) is 20.0. The second-order valence-corrected chi connectivity index (χ2v) is 8.71. The van der Waals surface area contributed by atoms with E-state index in [9.17, 15) is 0 Å². The van der Waals surface area contributed by atoms with Crippen molar-refractivity contribution < 1.29 is 4.39 Å². The molecule has 6 nitrogen and oxygen atoms in total. The van der Waals surface area contributed by atoms with E-state index < -0.39 is 5.82 Å². The van der Waals surface area contributed by atoms with E-state index in [0.29, 0.717) is 28.0 Å². The molecule has 0 saturated carbocycles. The highest BCUT2D eigenvalue weighted by Gasteiger charge is 2.21. The van der Waals surface area contributed by atoms with Gasteiger partial charge in [0.05, 0.1) is 28.1 Å². The Kier molecular flexibility index (Phi) is 5.91. The first kappa shape index (κ1) is 22.5. The third-order valence-electron chi connectivity index (χ3n) is 5.93. The van der Waals surface area contributed by atoms with E-state index in [1.54, 1.807) is 12.3 Å². The number of halogens is 1. The van der Waals surface area contributed by atoms with Crippen LogP contribution in [0, 0.1) is 5.82 Å². The maximum absolute atomic E-state index is 16.0. The number of imidazole rings is 1. The van der Waals surface area contributed by atoms with Gasteiger partial charge in [-0.15, -0.1) is 0 Å². The van der Waals surface area contributed by atoms with Crippen LogP contribution >= 0.6 is 0 Å². The molecule has 0 amide bonds. The molecule has 0 unspecified atom stereocenters. The molecule has 0 fully saturated rings. The molecule has 0 saturated heterocycles. The highest BCUT2D eigenvalue weighted by molar-refractivity contribution is 5.98. The van der Waals surface area contributed by atoms with E-state index in [4.69, 9.17) is 4.98 Å². The highest BCUT2D eigenvalue weighted by atomic mass is 19.1. The summed E-state index contributed by atoms with van der Waals surface area (Å²) >= 11 is 0. The van der Waals surface area contributed by atoms with Gasteiger partial charge in [-0.2, -0.15) is 5.10 Å². The van der Waals surface area contributed by atoms with Crippen molar-refractivity contribution in [3.05, 3.63) is 90.2 Å². The number of benzene rings is 1. The lowest BCUT2D eigenvalue weighted by molar-refractivity contribution is 0.629. The van der Waals surface area contributed by atoms with Crippen LogP contribution in [-0.2, 0) is 0 Å². The second-order valence-electron chi connectivity index (χ2n) is 8.71. The van der Waals surface area contributed by atoms with E-state index in [0.717, 1.165) is 34.3 Å². The monoisotopic (exact) mass is 466 g/mol. The molecule has 35 heavy (non-hydrogen) atoms. The molecule has 0 spiro atoms. The number of hydrogen-bond donors (Lipinski definition) is 3. The van der Waals surface area contributed by atoms with Crippen LogP contribution in [0.25, 0.3) is 44.6 Å². The quantitative estimate of drug-likeness (QED) is 0.273. The third-order valence-corrected chi connectivity index (χ3v) is 5.93. The Morgan fingerprint density at radius 2 is 2.11 bits per heavy atom. The van der Waals surface area contributed by atoms with Crippen LogP contribution in [0.2, 0.25) is 0 Å². The first-order chi connectivity index (χ1) is 17.0. The van der Waals surface area contributed by atoms with E-state index in [-0.39, 0.29) is 11.7 Å². The Morgan fingerprint density at radius 3 is 2.83 bits per heavy atom. The van der Waals surface area contributed by atoms with Crippen molar-refractivity contribution in [2.45, 2.75) is 33.2 Å². The minimum atomic E-state index is -0.453. The van der Waals surface area contributed by atoms with Gasteiger partial charge in [0.2, 0.25) is 0 Å². The standard InChI is InChI=1S/C28H27FN6/c1-5-17(14-19(6-2)31-16(3)4)25-24(29)23-22(15-30-25)34-35-27(23)28-32-21-13-9-12-20(26(21)33-28)18-10-7-8-11-18/h5-7,9-16,31H,2,8H2,1,3-4H3,(H,32,33)(H,34,35)/b17-5+,19-14+. The maximum atomic E-state index is 16.0. The lowest BCUT2D eigenvalue weighted by Gasteiger charge is -2.12. The molecule has 1 aliphatic carbocycles. The van der Waals surface area contributed by atoms with Crippen molar-refractivity contribution in [3.63, 3.8) is 0 Å². The lowest BCUT2D eigenvalue weighted by Crippen LogP contribution is -2.20. The Bertz CT molecular complexity index is 1560. The van der Waals surface area contributed by atoms with Crippen LogP contribution in [0.3, 0.4) is 0 Å². The Balaban J connectivity index is 1.63. The first-order valence-electron chi connectivity index (χ1n) is 11.7. The SMILES string of the molecule is C=C/C(=C\C(=C/C)c1ncc2[nH]nc(-c3nc4c(C5=CCC=C5)cccc4[nH]3)c2c1F)NC(C)C. The number of nitrogens with zero attached hydrogens (tertiary/aromatic N) is 3. The summed E-state index contributed by atoms with van der Waals surface area (Å²) in [6, 6.07) is 6.22. The van der Waals surface area contributed by atoms with Crippen molar-refractivity contribution in [1.82, 2.24) is 30.5 Å². The number of fused-ring (bicyclic) bond motifs is 2. The molecular formula is C28H27FN6. The summed E-state index contributed by atoms with van der Waals surface area (Å²) in [6.45, 7) is 9.79. The second kappa shape index (κ2) is 9.18. The molecule has 0 bridgehead atoms. The minimum Gasteiger partial charge on any atom is -0.383 e. The summed E-state index contributed by atoms with van der Waals surface area (Å²) in [5, 5.41) is 11.0. The predicted molar refractivity (Wildman–Crippen MR) is 141 cm³/mol. The van der Waals surface area contributed by atoms with Crippen LogP contribution < -0.4 is 5.32 Å². The van der Waals surface area contributed by atoms with Gasteiger partial charge in [-0.1, -0.05) is 43.0 Å². The van der Waals surface area contributed by atoms with Gasteiger partial charge in [0.15, 0.2) is 11.6 Å². The van der Waals surface area contributed by atoms with Crippen molar-refractivity contribution in [2.24, 2.45) is 0 Å². The van der Waals surface area contributed by atoms with E-state index in [1.807, 2.05) is 51.1 Å². The van der Waals surface area contributed by atoms with Gasteiger partial charge in [-0.3, -0.25) is 10.1 Å². The van der Waals surface area contributed by atoms with Crippen molar-refractivity contribution in [1.29, 1.82) is 0 Å². The number of pyridine rings is 1. The van der Waals surface area contributed by atoms with Gasteiger partial charge in [0.1, 0.15) is 11.4 Å². The lowest BCUT2D eigenvalue weighted by atomic mass is 10.1.